The molecule has 4 unspecified atom stereocenters. The maximum absolute atomic E-state index is 13.3. The molecule has 4 atom stereocenters. The molecule has 0 spiro atoms. The van der Waals surface area contributed by atoms with E-state index < -0.39 is 5.79 Å². The van der Waals surface area contributed by atoms with Gasteiger partial charge in [-0.05, 0) is 31.9 Å². The molecular weight excluding hydrogens is 422 g/mol. The highest BCUT2D eigenvalue weighted by molar-refractivity contribution is 6.10. The molecule has 33 heavy (non-hydrogen) atoms. The van der Waals surface area contributed by atoms with Crippen LogP contribution in [0.25, 0.3) is 0 Å². The van der Waals surface area contributed by atoms with Crippen LogP contribution in [-0.4, -0.2) is 61.3 Å². The largest absolute Gasteiger partial charge is 0.396 e. The third-order valence-electron chi connectivity index (χ3n) is 6.16. The van der Waals surface area contributed by atoms with E-state index in [4.69, 9.17) is 9.47 Å². The molecule has 9 heteroatoms. The molecule has 3 aromatic rings. The van der Waals surface area contributed by atoms with Crippen LogP contribution in [0.5, 0.6) is 0 Å². The summed E-state index contributed by atoms with van der Waals surface area (Å²) >= 11 is 0. The summed E-state index contributed by atoms with van der Waals surface area (Å²) in [5, 5.41) is 17.6. The van der Waals surface area contributed by atoms with Gasteiger partial charge in [0.25, 0.3) is 0 Å². The minimum Gasteiger partial charge on any atom is -0.396 e. The van der Waals surface area contributed by atoms with Gasteiger partial charge in [0.05, 0.1) is 24.3 Å². The first-order valence-corrected chi connectivity index (χ1v) is 11.1. The van der Waals surface area contributed by atoms with Gasteiger partial charge in [-0.25, -0.2) is 9.97 Å². The Hall–Kier alpha value is -3.14. The topological polar surface area (TPSA) is 111 Å². The molecule has 3 heterocycles. The van der Waals surface area contributed by atoms with E-state index in [9.17, 15) is 9.90 Å². The number of carbonyl (C=O) groups excluding carboxylic acids is 1. The summed E-state index contributed by atoms with van der Waals surface area (Å²) in [5.74, 6) is -0.617. The Bertz CT molecular complexity index is 1130. The van der Waals surface area contributed by atoms with E-state index in [0.717, 1.165) is 5.56 Å². The number of aromatic nitrogens is 4. The summed E-state index contributed by atoms with van der Waals surface area (Å²) in [6.45, 7) is 4.31. The first-order chi connectivity index (χ1) is 15.9. The van der Waals surface area contributed by atoms with Crippen LogP contribution < -0.4 is 5.32 Å². The van der Waals surface area contributed by atoms with Gasteiger partial charge in [-0.2, -0.15) is 5.10 Å². The van der Waals surface area contributed by atoms with Crippen molar-refractivity contribution in [3.8, 4) is 0 Å². The number of hydrogen-bond acceptors (Lipinski definition) is 8. The van der Waals surface area contributed by atoms with Crippen molar-refractivity contribution in [1.82, 2.24) is 19.7 Å². The molecule has 2 fully saturated rings. The highest BCUT2D eigenvalue weighted by Gasteiger charge is 2.54. The first-order valence-electron chi connectivity index (χ1n) is 11.1. The highest BCUT2D eigenvalue weighted by Crippen LogP contribution is 2.42. The van der Waals surface area contributed by atoms with Crippen molar-refractivity contribution in [3.63, 3.8) is 0 Å². The highest BCUT2D eigenvalue weighted by atomic mass is 16.8. The lowest BCUT2D eigenvalue weighted by Gasteiger charge is -2.24. The number of benzene rings is 1. The van der Waals surface area contributed by atoms with Gasteiger partial charge in [-0.3, -0.25) is 9.48 Å². The van der Waals surface area contributed by atoms with Crippen molar-refractivity contribution in [3.05, 3.63) is 71.9 Å². The molecule has 9 nitrogen and oxygen atoms in total. The van der Waals surface area contributed by atoms with E-state index in [-0.39, 0.29) is 36.6 Å². The van der Waals surface area contributed by atoms with Crippen LogP contribution in [0.3, 0.4) is 0 Å². The number of ether oxygens (including phenoxy) is 2. The first kappa shape index (κ1) is 21.7. The van der Waals surface area contributed by atoms with E-state index in [0.29, 0.717) is 30.0 Å². The fraction of sp³-hybridized carbons (Fsp3) is 0.417. The number of fused-ring (bicyclic) bond motifs is 1. The van der Waals surface area contributed by atoms with Crippen molar-refractivity contribution in [1.29, 1.82) is 0 Å². The zero-order chi connectivity index (χ0) is 23.0. The molecular formula is C24H27N5O4. The zero-order valence-corrected chi connectivity index (χ0v) is 18.6. The smallest absolute Gasteiger partial charge is 0.218 e. The van der Waals surface area contributed by atoms with E-state index >= 15 is 0 Å². The van der Waals surface area contributed by atoms with E-state index in [1.165, 1.54) is 12.5 Å². The SMILES string of the molecule is CC1(C)OC2C(CO)CC(Nc3ncncc3C(=O)c3ccn(Cc4ccccc4)n3)C2O1. The maximum atomic E-state index is 13.3. The summed E-state index contributed by atoms with van der Waals surface area (Å²) in [6.07, 6.45) is 4.87. The van der Waals surface area contributed by atoms with Gasteiger partial charge in [-0.15, -0.1) is 0 Å². The molecule has 2 N–H and O–H groups in total. The number of ketones is 1. The van der Waals surface area contributed by atoms with Crippen LogP contribution in [0.4, 0.5) is 5.82 Å². The molecule has 1 saturated heterocycles. The normalized spacial score (nSPS) is 25.7. The van der Waals surface area contributed by atoms with Crippen LogP contribution in [0.15, 0.2) is 55.1 Å². The van der Waals surface area contributed by atoms with E-state index in [1.807, 2.05) is 44.2 Å². The number of aliphatic hydroxyl groups is 1. The second-order valence-electron chi connectivity index (χ2n) is 8.99. The summed E-state index contributed by atoms with van der Waals surface area (Å²) in [7, 11) is 0. The van der Waals surface area contributed by atoms with Crippen LogP contribution in [0.1, 0.15) is 41.9 Å². The van der Waals surface area contributed by atoms with Crippen LogP contribution >= 0.6 is 0 Å². The van der Waals surface area contributed by atoms with Gasteiger partial charge >= 0.3 is 0 Å². The van der Waals surface area contributed by atoms with Crippen LogP contribution in [-0.2, 0) is 16.0 Å². The van der Waals surface area contributed by atoms with Gasteiger partial charge in [-0.1, -0.05) is 30.3 Å². The fourth-order valence-corrected chi connectivity index (χ4v) is 4.67. The molecule has 2 aliphatic rings. The molecule has 172 valence electrons. The summed E-state index contributed by atoms with van der Waals surface area (Å²) < 4.78 is 13.8. The molecule has 1 aliphatic carbocycles. The molecule has 0 bridgehead atoms. The summed E-state index contributed by atoms with van der Waals surface area (Å²) in [6, 6.07) is 11.5. The lowest BCUT2D eigenvalue weighted by atomic mass is 10.1. The standard InChI is InChI=1S/C24H27N5O4/c1-24(2)32-21-16(13-30)10-19(22(21)33-24)27-23-17(11-25-14-26-23)20(31)18-8-9-29(28-18)12-15-6-4-3-5-7-15/h3-9,11,14,16,19,21-22,30H,10,12-13H2,1-2H3,(H,25,26,27). The number of anilines is 1. The Kier molecular flexibility index (Phi) is 5.69. The molecule has 5 rings (SSSR count). The molecule has 1 saturated carbocycles. The number of rotatable bonds is 7. The van der Waals surface area contributed by atoms with Crippen molar-refractivity contribution in [2.24, 2.45) is 5.92 Å². The third-order valence-corrected chi connectivity index (χ3v) is 6.16. The average molecular weight is 450 g/mol. The molecule has 2 aromatic heterocycles. The van der Waals surface area contributed by atoms with Crippen LogP contribution in [0, 0.1) is 5.92 Å². The Morgan fingerprint density at radius 3 is 2.79 bits per heavy atom. The van der Waals surface area contributed by atoms with Gasteiger partial charge in [0.1, 0.15) is 23.9 Å². The predicted molar refractivity (Wildman–Crippen MR) is 120 cm³/mol. The van der Waals surface area contributed by atoms with Crippen molar-refractivity contribution < 1.29 is 19.4 Å². The monoisotopic (exact) mass is 449 g/mol. The average Bonchev–Trinajstić information content (AvgIpc) is 3.48. The van der Waals surface area contributed by atoms with Gasteiger partial charge in [0.2, 0.25) is 5.78 Å². The molecule has 1 aliphatic heterocycles. The molecule has 1 aromatic carbocycles. The van der Waals surface area contributed by atoms with E-state index in [2.05, 4.69) is 20.4 Å². The van der Waals surface area contributed by atoms with Crippen molar-refractivity contribution in [2.75, 3.05) is 11.9 Å². The number of nitrogens with zero attached hydrogens (tertiary/aromatic N) is 4. The zero-order valence-electron chi connectivity index (χ0n) is 18.6. The summed E-state index contributed by atoms with van der Waals surface area (Å²) in [5.41, 5.74) is 1.76. The molecule has 0 radical (unpaired) electrons. The quantitative estimate of drug-likeness (QED) is 0.529. The van der Waals surface area contributed by atoms with Gasteiger partial charge in [0, 0.05) is 24.9 Å². The van der Waals surface area contributed by atoms with Gasteiger partial charge < -0.3 is 19.9 Å². The number of nitrogens with one attached hydrogen (secondary N) is 1. The fourth-order valence-electron chi connectivity index (χ4n) is 4.67. The van der Waals surface area contributed by atoms with Crippen molar-refractivity contribution >= 4 is 11.6 Å². The number of hydrogen-bond donors (Lipinski definition) is 2. The van der Waals surface area contributed by atoms with Crippen LogP contribution in [0.2, 0.25) is 0 Å². The Morgan fingerprint density at radius 1 is 1.21 bits per heavy atom. The molecule has 0 amide bonds. The Morgan fingerprint density at radius 2 is 2.00 bits per heavy atom. The summed E-state index contributed by atoms with van der Waals surface area (Å²) in [4.78, 5) is 21.7. The minimum absolute atomic E-state index is 0.00714. The lowest BCUT2D eigenvalue weighted by Crippen LogP contribution is -2.35. The van der Waals surface area contributed by atoms with Crippen molar-refractivity contribution in [2.45, 2.75) is 50.8 Å². The minimum atomic E-state index is -0.723. The Balaban J connectivity index is 1.35. The second kappa shape index (κ2) is 8.66. The maximum Gasteiger partial charge on any atom is 0.218 e. The van der Waals surface area contributed by atoms with E-state index in [1.54, 1.807) is 16.9 Å². The number of carbonyl (C=O) groups is 1. The predicted octanol–water partition coefficient (Wildman–Crippen LogP) is 2.27. The number of aliphatic hydroxyl groups excluding tert-OH is 1. The second-order valence-corrected chi connectivity index (χ2v) is 8.99. The lowest BCUT2D eigenvalue weighted by molar-refractivity contribution is -0.158. The van der Waals surface area contributed by atoms with Gasteiger partial charge in [0.15, 0.2) is 5.79 Å². The third kappa shape index (κ3) is 4.39. The Labute approximate surface area is 191 Å².